The molecule has 3 rings (SSSR count). The van der Waals surface area contributed by atoms with Crippen molar-refractivity contribution in [2.24, 2.45) is 0 Å². The standard InChI is InChI=1S/C22H26N2O6/c1-2-29-19-4-6-20(7-5-19)30-15-21(27)23-8-3-9-24(11-10-23)22(28)16-12-17(25)14-18(26)13-16/h4-7,12-14,25-26H,2-3,8-11,15H2,1H3. The zero-order chi connectivity index (χ0) is 21.5. The molecule has 2 aromatic rings. The Bertz CT molecular complexity index is 863. The molecule has 2 aromatic carbocycles. The van der Waals surface area contributed by atoms with E-state index < -0.39 is 0 Å². The Morgan fingerprint density at radius 3 is 2.07 bits per heavy atom. The number of nitrogens with zero attached hydrogens (tertiary/aromatic N) is 2. The van der Waals surface area contributed by atoms with E-state index in [1.54, 1.807) is 34.1 Å². The van der Waals surface area contributed by atoms with Crippen molar-refractivity contribution in [3.63, 3.8) is 0 Å². The van der Waals surface area contributed by atoms with Gasteiger partial charge < -0.3 is 29.5 Å². The second kappa shape index (κ2) is 9.87. The molecule has 2 N–H and O–H groups in total. The van der Waals surface area contributed by atoms with Gasteiger partial charge in [-0.15, -0.1) is 0 Å². The fourth-order valence-electron chi connectivity index (χ4n) is 3.31. The first-order valence-electron chi connectivity index (χ1n) is 9.92. The lowest BCUT2D eigenvalue weighted by atomic mass is 10.1. The molecule has 1 fully saturated rings. The Hall–Kier alpha value is -3.42. The number of phenols is 2. The van der Waals surface area contributed by atoms with Crippen LogP contribution in [0.5, 0.6) is 23.0 Å². The number of rotatable bonds is 6. The molecular formula is C22H26N2O6. The van der Waals surface area contributed by atoms with Gasteiger partial charge in [-0.05, 0) is 49.7 Å². The van der Waals surface area contributed by atoms with Gasteiger partial charge in [-0.2, -0.15) is 0 Å². The van der Waals surface area contributed by atoms with Crippen LogP contribution in [0.3, 0.4) is 0 Å². The van der Waals surface area contributed by atoms with E-state index in [-0.39, 0.29) is 35.5 Å². The molecule has 0 bridgehead atoms. The van der Waals surface area contributed by atoms with Crippen LogP contribution in [0.2, 0.25) is 0 Å². The normalized spacial score (nSPS) is 14.2. The summed E-state index contributed by atoms with van der Waals surface area (Å²) >= 11 is 0. The van der Waals surface area contributed by atoms with E-state index in [0.717, 1.165) is 5.75 Å². The second-order valence-corrected chi connectivity index (χ2v) is 6.96. The number of aromatic hydroxyl groups is 2. The lowest BCUT2D eigenvalue weighted by Crippen LogP contribution is -2.39. The van der Waals surface area contributed by atoms with E-state index in [4.69, 9.17) is 9.47 Å². The number of benzene rings is 2. The lowest BCUT2D eigenvalue weighted by Gasteiger charge is -2.22. The van der Waals surface area contributed by atoms with Crippen LogP contribution in [0.25, 0.3) is 0 Å². The van der Waals surface area contributed by atoms with Crippen molar-refractivity contribution in [2.75, 3.05) is 39.4 Å². The van der Waals surface area contributed by atoms with Crippen molar-refractivity contribution in [3.8, 4) is 23.0 Å². The molecule has 0 aliphatic carbocycles. The van der Waals surface area contributed by atoms with Crippen molar-refractivity contribution in [1.82, 2.24) is 9.80 Å². The third-order valence-corrected chi connectivity index (χ3v) is 4.78. The van der Waals surface area contributed by atoms with Gasteiger partial charge >= 0.3 is 0 Å². The Morgan fingerprint density at radius 2 is 1.43 bits per heavy atom. The average molecular weight is 414 g/mol. The van der Waals surface area contributed by atoms with Crippen LogP contribution in [0, 0.1) is 0 Å². The number of amides is 2. The van der Waals surface area contributed by atoms with Crippen molar-refractivity contribution in [2.45, 2.75) is 13.3 Å². The molecule has 0 radical (unpaired) electrons. The largest absolute Gasteiger partial charge is 0.508 e. The molecule has 0 unspecified atom stereocenters. The first-order chi connectivity index (χ1) is 14.5. The molecule has 1 heterocycles. The maximum Gasteiger partial charge on any atom is 0.260 e. The monoisotopic (exact) mass is 414 g/mol. The van der Waals surface area contributed by atoms with E-state index in [9.17, 15) is 19.8 Å². The summed E-state index contributed by atoms with van der Waals surface area (Å²) in [7, 11) is 0. The van der Waals surface area contributed by atoms with Gasteiger partial charge in [0.15, 0.2) is 6.61 Å². The summed E-state index contributed by atoms with van der Waals surface area (Å²) < 4.78 is 11.0. The van der Waals surface area contributed by atoms with Gasteiger partial charge in [0.25, 0.3) is 11.8 Å². The summed E-state index contributed by atoms with van der Waals surface area (Å²) in [4.78, 5) is 28.5. The maximum absolute atomic E-state index is 12.7. The number of carbonyl (C=O) groups excluding carboxylic acids is 2. The lowest BCUT2D eigenvalue weighted by molar-refractivity contribution is -0.133. The topological polar surface area (TPSA) is 99.5 Å². The van der Waals surface area contributed by atoms with E-state index in [1.165, 1.54) is 18.2 Å². The van der Waals surface area contributed by atoms with Crippen LogP contribution < -0.4 is 9.47 Å². The number of phenolic OH excluding ortho intramolecular Hbond substituents is 2. The number of ether oxygens (including phenoxy) is 2. The minimum atomic E-state index is -0.291. The van der Waals surface area contributed by atoms with Gasteiger partial charge in [-0.3, -0.25) is 9.59 Å². The van der Waals surface area contributed by atoms with Crippen LogP contribution in [0.1, 0.15) is 23.7 Å². The molecule has 0 spiro atoms. The number of carbonyl (C=O) groups is 2. The van der Waals surface area contributed by atoms with Crippen molar-refractivity contribution < 1.29 is 29.3 Å². The molecule has 2 amide bonds. The highest BCUT2D eigenvalue weighted by Gasteiger charge is 2.23. The highest BCUT2D eigenvalue weighted by Crippen LogP contribution is 2.22. The Morgan fingerprint density at radius 1 is 0.867 bits per heavy atom. The minimum absolute atomic E-state index is 0.0810. The average Bonchev–Trinajstić information content (AvgIpc) is 2.98. The fourth-order valence-corrected chi connectivity index (χ4v) is 3.31. The molecule has 1 aliphatic heterocycles. The van der Waals surface area contributed by atoms with Crippen LogP contribution in [-0.2, 0) is 4.79 Å². The third-order valence-electron chi connectivity index (χ3n) is 4.78. The number of hydrogen-bond acceptors (Lipinski definition) is 6. The van der Waals surface area contributed by atoms with Crippen LogP contribution in [0.4, 0.5) is 0 Å². The predicted molar refractivity (Wildman–Crippen MR) is 110 cm³/mol. The van der Waals surface area contributed by atoms with E-state index >= 15 is 0 Å². The maximum atomic E-state index is 12.7. The van der Waals surface area contributed by atoms with Crippen LogP contribution in [0.15, 0.2) is 42.5 Å². The Balaban J connectivity index is 1.52. The summed E-state index contributed by atoms with van der Waals surface area (Å²) in [5.41, 5.74) is 0.214. The SMILES string of the molecule is CCOc1ccc(OCC(=O)N2CCCN(C(=O)c3cc(O)cc(O)c3)CC2)cc1. The fraction of sp³-hybridized carbons (Fsp3) is 0.364. The van der Waals surface area contributed by atoms with E-state index in [2.05, 4.69) is 0 Å². The molecule has 0 saturated carbocycles. The zero-order valence-corrected chi connectivity index (χ0v) is 16.9. The Kier molecular flexibility index (Phi) is 7.00. The van der Waals surface area contributed by atoms with Gasteiger partial charge in [-0.1, -0.05) is 0 Å². The molecule has 0 atom stereocenters. The van der Waals surface area contributed by atoms with Gasteiger partial charge in [0.05, 0.1) is 6.61 Å². The van der Waals surface area contributed by atoms with Gasteiger partial charge in [-0.25, -0.2) is 0 Å². The summed E-state index contributed by atoms with van der Waals surface area (Å²) in [5, 5.41) is 19.2. The van der Waals surface area contributed by atoms with Crippen molar-refractivity contribution >= 4 is 11.8 Å². The van der Waals surface area contributed by atoms with Crippen LogP contribution >= 0.6 is 0 Å². The van der Waals surface area contributed by atoms with Gasteiger partial charge in [0.2, 0.25) is 0 Å². The predicted octanol–water partition coefficient (Wildman–Crippen LogP) is 2.25. The highest BCUT2D eigenvalue weighted by atomic mass is 16.5. The summed E-state index contributed by atoms with van der Waals surface area (Å²) in [5.74, 6) is 0.553. The smallest absolute Gasteiger partial charge is 0.260 e. The first kappa shape index (κ1) is 21.3. The first-order valence-corrected chi connectivity index (χ1v) is 9.92. The van der Waals surface area contributed by atoms with Crippen molar-refractivity contribution in [1.29, 1.82) is 0 Å². The summed E-state index contributed by atoms with van der Waals surface area (Å²) in [6, 6.07) is 10.9. The second-order valence-electron chi connectivity index (χ2n) is 6.96. The van der Waals surface area contributed by atoms with E-state index in [0.29, 0.717) is 45.0 Å². The quantitative estimate of drug-likeness (QED) is 0.752. The molecule has 1 aliphatic rings. The molecule has 1 saturated heterocycles. The molecular weight excluding hydrogens is 388 g/mol. The van der Waals surface area contributed by atoms with Crippen LogP contribution in [-0.4, -0.2) is 71.2 Å². The molecule has 30 heavy (non-hydrogen) atoms. The molecule has 8 nitrogen and oxygen atoms in total. The van der Waals surface area contributed by atoms with Gasteiger partial charge in [0.1, 0.15) is 23.0 Å². The Labute approximate surface area is 175 Å². The summed E-state index contributed by atoms with van der Waals surface area (Å²) in [6.45, 7) is 4.18. The summed E-state index contributed by atoms with van der Waals surface area (Å²) in [6.07, 6.45) is 0.630. The van der Waals surface area contributed by atoms with E-state index in [1.807, 2.05) is 6.92 Å². The van der Waals surface area contributed by atoms with Gasteiger partial charge in [0, 0.05) is 37.8 Å². The van der Waals surface area contributed by atoms with Crippen molar-refractivity contribution in [3.05, 3.63) is 48.0 Å². The zero-order valence-electron chi connectivity index (χ0n) is 16.9. The number of hydrogen-bond donors (Lipinski definition) is 2. The third kappa shape index (κ3) is 5.56. The molecule has 160 valence electrons. The molecule has 8 heteroatoms. The highest BCUT2D eigenvalue weighted by molar-refractivity contribution is 5.95. The minimum Gasteiger partial charge on any atom is -0.508 e. The molecule has 0 aromatic heterocycles.